The molecule has 0 aromatic heterocycles. The van der Waals surface area contributed by atoms with E-state index in [2.05, 4.69) is 24.3 Å². The Morgan fingerprint density at radius 3 is 1.00 bits per heavy atom. The fourth-order valence-electron chi connectivity index (χ4n) is 0.856. The van der Waals surface area contributed by atoms with E-state index in [-0.39, 0.29) is 31.9 Å². The molecule has 2 heteroatoms. The molecule has 0 fully saturated rings. The van der Waals surface area contributed by atoms with Crippen LogP contribution in [0.2, 0.25) is 0 Å². The van der Waals surface area contributed by atoms with Gasteiger partial charge in [-0.3, -0.25) is 0 Å². The molecule has 0 unspecified atom stereocenters. The minimum Gasteiger partial charge on any atom is -0.0882 e. The molecule has 0 saturated heterocycles. The second-order valence-electron chi connectivity index (χ2n) is 2.10. The Morgan fingerprint density at radius 1 is 0.600 bits per heavy atom. The molecule has 0 nitrogen and oxygen atoms in total. The zero-order chi connectivity index (χ0) is 5.66. The average Bonchev–Trinajstić information content (AvgIpc) is 1.62. The van der Waals surface area contributed by atoms with Gasteiger partial charge >= 0.3 is 31.9 Å². The number of hydrogen-bond donors (Lipinski definition) is 0. The van der Waals surface area contributed by atoms with Gasteiger partial charge in [0.2, 0.25) is 0 Å². The molecule has 2 radical (unpaired) electrons. The van der Waals surface area contributed by atoms with E-state index in [0.29, 0.717) is 0 Å². The molecule has 0 aliphatic heterocycles. The fraction of sp³-hybridized carbons (Fsp3) is 0.500. The summed E-state index contributed by atoms with van der Waals surface area (Å²) in [5.74, 6) is 0. The molecule has 0 spiro atoms. The summed E-state index contributed by atoms with van der Waals surface area (Å²) in [6.07, 6.45) is 14.0. The Kier molecular flexibility index (Phi) is 12.2. The first-order chi connectivity index (χ1) is 4.00. The van der Waals surface area contributed by atoms with E-state index in [4.69, 9.17) is 0 Å². The zero-order valence-corrected chi connectivity index (χ0v) is 8.24. The van der Waals surface area contributed by atoms with Crippen LogP contribution in [0.4, 0.5) is 0 Å². The monoisotopic (exact) mass is 246 g/mol. The third-order valence-corrected chi connectivity index (χ3v) is 1.33. The van der Waals surface area contributed by atoms with Crippen molar-refractivity contribution in [2.75, 3.05) is 0 Å². The Balaban J connectivity index is 0. The van der Waals surface area contributed by atoms with Crippen LogP contribution in [0, 0.1) is 12.4 Å². The third kappa shape index (κ3) is 6.51. The van der Waals surface area contributed by atoms with Crippen molar-refractivity contribution in [3.05, 3.63) is 24.3 Å². The van der Waals surface area contributed by atoms with E-state index >= 15 is 0 Å². The van der Waals surface area contributed by atoms with Crippen LogP contribution in [0.5, 0.6) is 0 Å². The number of halogens is 1. The molecule has 0 aromatic carbocycles. The second-order valence-corrected chi connectivity index (χ2v) is 2.10. The van der Waals surface area contributed by atoms with Gasteiger partial charge in [0.1, 0.15) is 0 Å². The Bertz CT molecular complexity index is 81.8. The van der Waals surface area contributed by atoms with Gasteiger partial charge in [-0.15, -0.1) is 0 Å². The van der Waals surface area contributed by atoms with Gasteiger partial charge in [0, 0.05) is 0 Å². The Labute approximate surface area is 81.9 Å². The van der Waals surface area contributed by atoms with Crippen LogP contribution >= 0.6 is 0 Å². The summed E-state index contributed by atoms with van der Waals surface area (Å²) in [6.45, 7) is 0. The van der Waals surface area contributed by atoms with Crippen molar-refractivity contribution in [3.63, 3.8) is 0 Å². The van der Waals surface area contributed by atoms with Crippen molar-refractivity contribution in [3.8, 4) is 0 Å². The molecule has 58 valence electrons. The van der Waals surface area contributed by atoms with Crippen molar-refractivity contribution in [1.82, 2.24) is 0 Å². The maximum atomic E-state index is 2.27. The van der Waals surface area contributed by atoms with E-state index in [9.17, 15) is 0 Å². The van der Waals surface area contributed by atoms with Crippen molar-refractivity contribution in [2.24, 2.45) is 0 Å². The van der Waals surface area contributed by atoms with Gasteiger partial charge in [-0.25, -0.2) is 0 Å². The minimum atomic E-state index is 0. The van der Waals surface area contributed by atoms with Crippen LogP contribution in [0.25, 0.3) is 0 Å². The first-order valence-corrected chi connectivity index (χ1v) is 3.30. The number of hydrogen-bond acceptors (Lipinski definition) is 0. The van der Waals surface area contributed by atoms with Crippen LogP contribution in [0.15, 0.2) is 24.3 Å². The molecule has 0 bridgehead atoms. The zero-order valence-electron chi connectivity index (χ0n) is 5.85. The topological polar surface area (TPSA) is 0 Å². The molecule has 0 aromatic rings. The smallest absolute Gasteiger partial charge is 0.0882 e. The summed E-state index contributed by atoms with van der Waals surface area (Å²) < 4.78 is 0. The van der Waals surface area contributed by atoms with Crippen molar-refractivity contribution in [1.29, 1.82) is 0 Å². The molecule has 0 amide bonds. The van der Waals surface area contributed by atoms with Crippen molar-refractivity contribution >= 4 is 0 Å². The minimum absolute atomic E-state index is 0. The van der Waals surface area contributed by atoms with Crippen LogP contribution < -0.4 is 0 Å². The predicted molar refractivity (Wildman–Crippen MR) is 36.7 cm³/mol. The first kappa shape index (κ1) is 13.0. The summed E-state index contributed by atoms with van der Waals surface area (Å²) in [7, 11) is 0. The van der Waals surface area contributed by atoms with Crippen molar-refractivity contribution < 1.29 is 31.9 Å². The quantitative estimate of drug-likeness (QED) is 0.455. The largest absolute Gasteiger partial charge is 1.00 e. The maximum absolute atomic E-state index is 2.27. The van der Waals surface area contributed by atoms with Gasteiger partial charge in [0.05, 0.1) is 0 Å². The van der Waals surface area contributed by atoms with Crippen LogP contribution in [0.3, 0.4) is 0 Å². The SMILES string of the molecule is C1=CCCC=CCC1.[Cl+].[Rh+]. The molecule has 1 rings (SSSR count). The van der Waals surface area contributed by atoms with Gasteiger partial charge in [-0.05, 0) is 25.7 Å². The maximum Gasteiger partial charge on any atom is 1.00 e. The van der Waals surface area contributed by atoms with Gasteiger partial charge in [-0.2, -0.15) is 0 Å². The Morgan fingerprint density at radius 2 is 0.800 bits per heavy atom. The fourth-order valence-corrected chi connectivity index (χ4v) is 0.856. The van der Waals surface area contributed by atoms with E-state index in [0.717, 1.165) is 0 Å². The van der Waals surface area contributed by atoms with Crippen molar-refractivity contribution in [2.45, 2.75) is 25.7 Å². The number of allylic oxidation sites excluding steroid dienone is 4. The van der Waals surface area contributed by atoms with E-state index in [1.165, 1.54) is 25.7 Å². The molecular weight excluding hydrogens is 234 g/mol. The summed E-state index contributed by atoms with van der Waals surface area (Å²) in [5, 5.41) is 0. The normalized spacial score (nSPS) is 16.0. The summed E-state index contributed by atoms with van der Waals surface area (Å²) in [6, 6.07) is 0. The van der Waals surface area contributed by atoms with Gasteiger partial charge < -0.3 is 0 Å². The second kappa shape index (κ2) is 9.39. The predicted octanol–water partition coefficient (Wildman–Crippen LogP) is 2.67. The molecular formula is C8H12ClRh+2. The molecule has 0 atom stereocenters. The van der Waals surface area contributed by atoms with Gasteiger partial charge in [-0.1, -0.05) is 24.3 Å². The molecule has 0 heterocycles. The third-order valence-electron chi connectivity index (χ3n) is 1.33. The average molecular weight is 247 g/mol. The number of rotatable bonds is 0. The molecule has 0 saturated carbocycles. The molecule has 0 N–H and O–H groups in total. The van der Waals surface area contributed by atoms with Crippen LogP contribution in [-0.4, -0.2) is 0 Å². The Hall–Kier alpha value is 0.393. The van der Waals surface area contributed by atoms with Crippen LogP contribution in [-0.2, 0) is 19.5 Å². The van der Waals surface area contributed by atoms with E-state index in [1.807, 2.05) is 0 Å². The first-order valence-electron chi connectivity index (χ1n) is 3.30. The van der Waals surface area contributed by atoms with E-state index in [1.54, 1.807) is 0 Å². The van der Waals surface area contributed by atoms with E-state index < -0.39 is 0 Å². The summed E-state index contributed by atoms with van der Waals surface area (Å²) >= 11 is 0. The molecule has 1 aliphatic rings. The van der Waals surface area contributed by atoms with Gasteiger partial charge in [0.25, 0.3) is 0 Å². The standard InChI is InChI=1S/C8H12.Cl.Rh/c1-2-4-6-8-7-5-3-1;;/h1-2,7-8H,3-6H2;;/q;2*+1. The summed E-state index contributed by atoms with van der Waals surface area (Å²) in [5.41, 5.74) is 0. The molecule has 10 heavy (non-hydrogen) atoms. The molecule has 1 aliphatic carbocycles. The van der Waals surface area contributed by atoms with Gasteiger partial charge in [0.15, 0.2) is 0 Å². The summed E-state index contributed by atoms with van der Waals surface area (Å²) in [4.78, 5) is 0. The van der Waals surface area contributed by atoms with Crippen LogP contribution in [0.1, 0.15) is 25.7 Å².